The largest absolute Gasteiger partial charge is 0.392 e. The molecular weight excluding hydrogens is 306 g/mol. The van der Waals surface area contributed by atoms with Gasteiger partial charge in [-0.05, 0) is 49.1 Å². The summed E-state index contributed by atoms with van der Waals surface area (Å²) >= 11 is 7.82. The molecule has 0 spiro atoms. The highest BCUT2D eigenvalue weighted by Crippen LogP contribution is 2.47. The van der Waals surface area contributed by atoms with Gasteiger partial charge in [0.05, 0.1) is 11.6 Å². The van der Waals surface area contributed by atoms with Gasteiger partial charge in [-0.2, -0.15) is 0 Å². The second kappa shape index (κ2) is 5.30. The Balaban J connectivity index is 1.71. The smallest absolute Gasteiger partial charge is 0.196 e. The molecule has 1 N–H and O–H groups in total. The Kier molecular flexibility index (Phi) is 3.44. The summed E-state index contributed by atoms with van der Waals surface area (Å²) in [5, 5.41) is 19.9. The summed E-state index contributed by atoms with van der Waals surface area (Å²) in [5.41, 5.74) is 0.839. The predicted molar refractivity (Wildman–Crippen MR) is 81.8 cm³/mol. The molecule has 0 atom stereocenters. The van der Waals surface area contributed by atoms with Crippen molar-refractivity contribution < 1.29 is 5.11 Å². The van der Waals surface area contributed by atoms with Crippen LogP contribution in [-0.2, 0) is 6.61 Å². The lowest BCUT2D eigenvalue weighted by Gasteiger charge is -2.11. The van der Waals surface area contributed by atoms with E-state index in [4.69, 9.17) is 11.6 Å². The maximum Gasteiger partial charge on any atom is 0.196 e. The molecule has 0 saturated heterocycles. The minimum Gasteiger partial charge on any atom is -0.392 e. The molecule has 4 rings (SSSR count). The van der Waals surface area contributed by atoms with Crippen molar-refractivity contribution in [2.75, 3.05) is 0 Å². The summed E-state index contributed by atoms with van der Waals surface area (Å²) in [7, 11) is 0. The Hall–Kier alpha value is -1.04. The molecule has 2 fully saturated rings. The summed E-state index contributed by atoms with van der Waals surface area (Å²) in [6.07, 6.45) is 4.87. The Morgan fingerprint density at radius 3 is 2.71 bits per heavy atom. The Labute approximate surface area is 132 Å². The normalized spacial score (nSPS) is 18.2. The third kappa shape index (κ3) is 2.58. The first-order valence-electron chi connectivity index (χ1n) is 7.29. The molecule has 0 aliphatic heterocycles. The molecule has 2 aliphatic carbocycles. The van der Waals surface area contributed by atoms with E-state index in [0.717, 1.165) is 21.4 Å². The van der Waals surface area contributed by atoms with E-state index in [1.54, 1.807) is 0 Å². The van der Waals surface area contributed by atoms with Crippen LogP contribution in [0, 0.1) is 0 Å². The van der Waals surface area contributed by atoms with Crippen LogP contribution < -0.4 is 0 Å². The quantitative estimate of drug-likeness (QED) is 0.910. The molecule has 0 amide bonds. The average Bonchev–Trinajstić information content (AvgIpc) is 3.40. The van der Waals surface area contributed by atoms with Crippen LogP contribution in [0.25, 0.3) is 0 Å². The highest BCUT2D eigenvalue weighted by Gasteiger charge is 2.36. The van der Waals surface area contributed by atoms with E-state index in [2.05, 4.69) is 14.8 Å². The average molecular weight is 322 g/mol. The van der Waals surface area contributed by atoms with Crippen molar-refractivity contribution in [2.24, 2.45) is 0 Å². The Morgan fingerprint density at radius 1 is 1.24 bits per heavy atom. The third-order valence-electron chi connectivity index (χ3n) is 3.96. The number of nitrogens with zero attached hydrogens (tertiary/aromatic N) is 3. The number of benzene rings is 1. The van der Waals surface area contributed by atoms with Gasteiger partial charge in [-0.3, -0.25) is 0 Å². The van der Waals surface area contributed by atoms with Crippen LogP contribution in [0.5, 0.6) is 0 Å². The van der Waals surface area contributed by atoms with Crippen molar-refractivity contribution >= 4 is 23.4 Å². The summed E-state index contributed by atoms with van der Waals surface area (Å²) < 4.78 is 2.30. The molecule has 2 aromatic rings. The van der Waals surface area contributed by atoms with E-state index in [-0.39, 0.29) is 6.61 Å². The number of aliphatic hydroxyl groups excluding tert-OH is 1. The van der Waals surface area contributed by atoms with Crippen molar-refractivity contribution in [3.63, 3.8) is 0 Å². The van der Waals surface area contributed by atoms with Crippen molar-refractivity contribution in [2.45, 2.75) is 54.3 Å². The minimum atomic E-state index is -0.0179. The molecule has 2 aliphatic rings. The van der Waals surface area contributed by atoms with E-state index in [1.165, 1.54) is 37.4 Å². The number of halogens is 1. The number of aromatic nitrogens is 3. The SMILES string of the molecule is OCc1cccc(Cl)c1Sc1nnc(C2CC2)n1C1CC1. The molecule has 2 saturated carbocycles. The molecule has 1 aromatic carbocycles. The fourth-order valence-electron chi connectivity index (χ4n) is 2.54. The van der Waals surface area contributed by atoms with Crippen LogP contribution in [0.1, 0.15) is 49.0 Å². The van der Waals surface area contributed by atoms with Gasteiger partial charge in [0.15, 0.2) is 5.16 Å². The van der Waals surface area contributed by atoms with Crippen molar-refractivity contribution in [1.29, 1.82) is 0 Å². The lowest BCUT2D eigenvalue weighted by atomic mass is 10.2. The summed E-state index contributed by atoms with van der Waals surface area (Å²) in [4.78, 5) is 0.887. The molecule has 6 heteroatoms. The van der Waals surface area contributed by atoms with Crippen molar-refractivity contribution in [3.8, 4) is 0 Å². The fourth-order valence-corrected chi connectivity index (χ4v) is 3.88. The van der Waals surface area contributed by atoms with Crippen LogP contribution in [0.4, 0.5) is 0 Å². The first kappa shape index (κ1) is 13.6. The van der Waals surface area contributed by atoms with Crippen LogP contribution in [-0.4, -0.2) is 19.9 Å². The highest BCUT2D eigenvalue weighted by atomic mass is 35.5. The van der Waals surface area contributed by atoms with Gasteiger partial charge >= 0.3 is 0 Å². The van der Waals surface area contributed by atoms with Gasteiger partial charge in [-0.15, -0.1) is 10.2 Å². The lowest BCUT2D eigenvalue weighted by Crippen LogP contribution is -2.02. The van der Waals surface area contributed by atoms with E-state index in [9.17, 15) is 5.11 Å². The first-order valence-corrected chi connectivity index (χ1v) is 8.48. The first-order chi connectivity index (χ1) is 10.3. The zero-order chi connectivity index (χ0) is 14.4. The molecule has 0 bridgehead atoms. The third-order valence-corrected chi connectivity index (χ3v) is 5.53. The number of aliphatic hydroxyl groups is 1. The maximum absolute atomic E-state index is 9.50. The number of hydrogen-bond donors (Lipinski definition) is 1. The van der Waals surface area contributed by atoms with Crippen LogP contribution >= 0.6 is 23.4 Å². The van der Waals surface area contributed by atoms with Crippen molar-refractivity contribution in [3.05, 3.63) is 34.6 Å². The van der Waals surface area contributed by atoms with Gasteiger partial charge in [0.2, 0.25) is 0 Å². The second-order valence-corrected chi connectivity index (χ2v) is 7.09. The van der Waals surface area contributed by atoms with Gasteiger partial charge in [0.1, 0.15) is 5.82 Å². The van der Waals surface area contributed by atoms with Gasteiger partial charge in [0, 0.05) is 16.9 Å². The summed E-state index contributed by atoms with van der Waals surface area (Å²) in [5.74, 6) is 1.73. The second-order valence-electron chi connectivity index (χ2n) is 5.70. The van der Waals surface area contributed by atoms with E-state index < -0.39 is 0 Å². The molecule has 21 heavy (non-hydrogen) atoms. The van der Waals surface area contributed by atoms with Gasteiger partial charge in [-0.25, -0.2) is 0 Å². The number of hydrogen-bond acceptors (Lipinski definition) is 4. The molecule has 0 unspecified atom stereocenters. The summed E-state index contributed by atoms with van der Waals surface area (Å²) in [6.45, 7) is -0.0179. The predicted octanol–water partition coefficient (Wildman–Crippen LogP) is 3.79. The highest BCUT2D eigenvalue weighted by molar-refractivity contribution is 7.99. The Bertz CT molecular complexity index is 680. The fraction of sp³-hybridized carbons (Fsp3) is 0.467. The number of rotatable bonds is 5. The maximum atomic E-state index is 9.50. The van der Waals surface area contributed by atoms with Crippen LogP contribution in [0.3, 0.4) is 0 Å². The minimum absolute atomic E-state index is 0.0179. The van der Waals surface area contributed by atoms with E-state index in [1.807, 2.05) is 18.2 Å². The van der Waals surface area contributed by atoms with E-state index >= 15 is 0 Å². The summed E-state index contributed by atoms with van der Waals surface area (Å²) in [6, 6.07) is 6.16. The molecule has 1 aromatic heterocycles. The van der Waals surface area contributed by atoms with E-state index in [0.29, 0.717) is 17.0 Å². The molecule has 0 radical (unpaired) electrons. The van der Waals surface area contributed by atoms with Crippen LogP contribution in [0.2, 0.25) is 5.02 Å². The topological polar surface area (TPSA) is 50.9 Å². The van der Waals surface area contributed by atoms with Gasteiger partial charge in [-0.1, -0.05) is 23.7 Å². The Morgan fingerprint density at radius 2 is 2.05 bits per heavy atom. The van der Waals surface area contributed by atoms with Gasteiger partial charge in [0.25, 0.3) is 0 Å². The molecular formula is C15H16ClN3OS. The molecule has 110 valence electrons. The van der Waals surface area contributed by atoms with Crippen molar-refractivity contribution in [1.82, 2.24) is 14.8 Å². The lowest BCUT2D eigenvalue weighted by molar-refractivity contribution is 0.279. The molecule has 1 heterocycles. The monoisotopic (exact) mass is 321 g/mol. The van der Waals surface area contributed by atoms with Crippen LogP contribution in [0.15, 0.2) is 28.3 Å². The van der Waals surface area contributed by atoms with Gasteiger partial charge < -0.3 is 9.67 Å². The zero-order valence-corrected chi connectivity index (χ0v) is 13.1. The molecule has 4 nitrogen and oxygen atoms in total. The zero-order valence-electron chi connectivity index (χ0n) is 11.5. The standard InChI is InChI=1S/C15H16ClN3OS/c16-12-3-1-2-10(8-20)13(12)21-15-18-17-14(9-4-5-9)19(15)11-6-7-11/h1-3,9,11,20H,4-8H2.